The first kappa shape index (κ1) is 34.3. The van der Waals surface area contributed by atoms with Crippen molar-refractivity contribution in [2.45, 2.75) is 0 Å². The lowest BCUT2D eigenvalue weighted by Crippen LogP contribution is -2.10. The van der Waals surface area contributed by atoms with Gasteiger partial charge < -0.3 is 9.47 Å². The number of anilines is 3. The van der Waals surface area contributed by atoms with Crippen LogP contribution >= 0.6 is 0 Å². The summed E-state index contributed by atoms with van der Waals surface area (Å²) in [6.45, 7) is 0. The third-order valence-corrected chi connectivity index (χ3v) is 11.4. The van der Waals surface area contributed by atoms with E-state index in [2.05, 4.69) is 239 Å². The highest BCUT2D eigenvalue weighted by Crippen LogP contribution is 2.43. The van der Waals surface area contributed by atoms with Crippen molar-refractivity contribution in [2.24, 2.45) is 0 Å². The van der Waals surface area contributed by atoms with E-state index in [1.807, 2.05) is 6.20 Å². The smallest absolute Gasteiger partial charge is 0.0741 e. The zero-order valence-corrected chi connectivity index (χ0v) is 32.2. The molecule has 278 valence electrons. The van der Waals surface area contributed by atoms with Gasteiger partial charge in [0, 0.05) is 44.5 Å². The van der Waals surface area contributed by atoms with Crippen molar-refractivity contribution in [2.75, 3.05) is 4.90 Å². The van der Waals surface area contributed by atoms with Gasteiger partial charge in [-0.25, -0.2) is 4.68 Å². The highest BCUT2D eigenvalue weighted by Gasteiger charge is 2.20. The lowest BCUT2D eigenvalue weighted by atomic mass is 9.92. The highest BCUT2D eigenvalue weighted by molar-refractivity contribution is 6.09. The van der Waals surface area contributed by atoms with E-state index in [0.717, 1.165) is 61.6 Å². The number of hydrogen-bond donors (Lipinski definition) is 0. The second kappa shape index (κ2) is 14.5. The first-order chi connectivity index (χ1) is 29.3. The molecule has 11 rings (SSSR count). The highest BCUT2D eigenvalue weighted by atomic mass is 15.3. The van der Waals surface area contributed by atoms with Crippen LogP contribution in [-0.4, -0.2) is 14.3 Å². The fraction of sp³-hybridized carbons (Fsp3) is 0. The predicted octanol–water partition coefficient (Wildman–Crippen LogP) is 14.6. The van der Waals surface area contributed by atoms with Crippen molar-refractivity contribution in [3.63, 3.8) is 0 Å². The van der Waals surface area contributed by atoms with Crippen LogP contribution in [0.25, 0.3) is 77.5 Å². The molecule has 0 saturated carbocycles. The molecule has 4 heteroatoms. The molecule has 9 aromatic carbocycles. The van der Waals surface area contributed by atoms with Crippen molar-refractivity contribution in [1.82, 2.24) is 14.3 Å². The molecule has 0 atom stereocenters. The number of nitrogens with zero attached hydrogens (tertiary/aromatic N) is 4. The van der Waals surface area contributed by atoms with Crippen LogP contribution in [-0.2, 0) is 0 Å². The van der Waals surface area contributed by atoms with E-state index in [9.17, 15) is 0 Å². The lowest BCUT2D eigenvalue weighted by Gasteiger charge is -2.27. The Kier molecular flexibility index (Phi) is 8.45. The molecule has 2 heterocycles. The first-order valence-electron chi connectivity index (χ1n) is 20.0. The molecule has 0 bridgehead atoms. The van der Waals surface area contributed by atoms with Crippen LogP contribution in [0.3, 0.4) is 0 Å². The molecule has 0 radical (unpaired) electrons. The minimum atomic E-state index is 1.03. The van der Waals surface area contributed by atoms with E-state index in [-0.39, 0.29) is 0 Å². The number of aromatic nitrogens is 3. The maximum Gasteiger partial charge on any atom is 0.0741 e. The lowest BCUT2D eigenvalue weighted by molar-refractivity contribution is 0.912. The maximum absolute atomic E-state index is 4.87. The Labute approximate surface area is 343 Å². The van der Waals surface area contributed by atoms with E-state index >= 15 is 0 Å². The van der Waals surface area contributed by atoms with Crippen molar-refractivity contribution < 1.29 is 0 Å². The molecule has 59 heavy (non-hydrogen) atoms. The van der Waals surface area contributed by atoms with Gasteiger partial charge >= 0.3 is 0 Å². The summed E-state index contributed by atoms with van der Waals surface area (Å²) in [5, 5.41) is 8.49. The van der Waals surface area contributed by atoms with Gasteiger partial charge in [0.2, 0.25) is 0 Å². The van der Waals surface area contributed by atoms with Gasteiger partial charge in [-0.15, -0.1) is 0 Å². The molecule has 11 aromatic rings. The average molecular weight is 755 g/mol. The Bertz CT molecular complexity index is 3200. The topological polar surface area (TPSA) is 26.0 Å². The van der Waals surface area contributed by atoms with Crippen LogP contribution in [0, 0.1) is 0 Å². The second-order valence-corrected chi connectivity index (χ2v) is 14.9. The van der Waals surface area contributed by atoms with Gasteiger partial charge in [0.05, 0.1) is 28.4 Å². The minimum Gasteiger partial charge on any atom is -0.310 e. The molecular weight excluding hydrogens is 717 g/mol. The molecule has 4 nitrogen and oxygen atoms in total. The Balaban J connectivity index is 1.08. The van der Waals surface area contributed by atoms with Crippen LogP contribution in [0.5, 0.6) is 0 Å². The van der Waals surface area contributed by atoms with E-state index in [0.29, 0.717) is 0 Å². The zero-order chi connectivity index (χ0) is 39.1. The third-order valence-electron chi connectivity index (χ3n) is 11.4. The fourth-order valence-corrected chi connectivity index (χ4v) is 8.64. The number of benzene rings is 9. The summed E-state index contributed by atoms with van der Waals surface area (Å²) in [5.41, 5.74) is 15.7. The number of para-hydroxylation sites is 4. The number of rotatable bonds is 8. The molecule has 0 N–H and O–H groups in total. The van der Waals surface area contributed by atoms with Gasteiger partial charge in [-0.3, -0.25) is 0 Å². The van der Waals surface area contributed by atoms with Gasteiger partial charge in [-0.1, -0.05) is 152 Å². The number of hydrogen-bond acceptors (Lipinski definition) is 2. The van der Waals surface area contributed by atoms with Gasteiger partial charge in [-0.2, -0.15) is 5.10 Å². The SMILES string of the molecule is c1ccc(-c2ccc(N(c3ccc(-n4c5ccccc5c5ccccc54)cc3)c3ccc(-c4ccccc4-n4ncc5ccccc54)c(-c4ccccc4)c3)cc2)cc1. The maximum atomic E-state index is 4.87. The summed E-state index contributed by atoms with van der Waals surface area (Å²) in [6.07, 6.45) is 1.95. The van der Waals surface area contributed by atoms with Crippen LogP contribution in [0.2, 0.25) is 0 Å². The zero-order valence-electron chi connectivity index (χ0n) is 32.2. The standard InChI is InChI=1S/C55H38N4/c1-3-15-39(16-4-1)40-27-29-43(30-28-40)57(44-31-33-45(34-32-44)58-53-24-12-8-21-49(53)50-22-9-13-25-54(50)58)46-35-36-47(51(37-46)41-17-5-2-6-18-41)48-20-10-14-26-55(48)59-52-23-11-7-19-42(52)38-56-59/h1-38H. The predicted molar refractivity (Wildman–Crippen MR) is 246 cm³/mol. The Hall–Kier alpha value is -7.95. The molecule has 0 fully saturated rings. The van der Waals surface area contributed by atoms with Gasteiger partial charge in [-0.05, 0) is 101 Å². The summed E-state index contributed by atoms with van der Waals surface area (Å²) >= 11 is 0. The number of fused-ring (bicyclic) bond motifs is 4. The van der Waals surface area contributed by atoms with Gasteiger partial charge in [0.25, 0.3) is 0 Å². The van der Waals surface area contributed by atoms with E-state index in [1.165, 1.54) is 32.9 Å². The van der Waals surface area contributed by atoms with Crippen molar-refractivity contribution >= 4 is 49.8 Å². The second-order valence-electron chi connectivity index (χ2n) is 14.9. The third kappa shape index (κ3) is 6.06. The van der Waals surface area contributed by atoms with E-state index in [1.54, 1.807) is 0 Å². The molecule has 0 spiro atoms. The van der Waals surface area contributed by atoms with Gasteiger partial charge in [0.15, 0.2) is 0 Å². The quantitative estimate of drug-likeness (QED) is 0.154. The summed E-state index contributed by atoms with van der Waals surface area (Å²) in [5.74, 6) is 0. The minimum absolute atomic E-state index is 1.03. The summed E-state index contributed by atoms with van der Waals surface area (Å²) in [6, 6.07) is 80.4. The van der Waals surface area contributed by atoms with Crippen molar-refractivity contribution in [3.8, 4) is 44.8 Å². The van der Waals surface area contributed by atoms with Crippen LogP contribution in [0.15, 0.2) is 231 Å². The largest absolute Gasteiger partial charge is 0.310 e. The van der Waals surface area contributed by atoms with Crippen molar-refractivity contribution in [1.29, 1.82) is 0 Å². The molecule has 0 aliphatic rings. The molecule has 2 aromatic heterocycles. The molecule has 0 aliphatic heterocycles. The molecule has 0 unspecified atom stereocenters. The van der Waals surface area contributed by atoms with Crippen LogP contribution in [0.4, 0.5) is 17.1 Å². The Morgan fingerprint density at radius 3 is 1.58 bits per heavy atom. The monoisotopic (exact) mass is 754 g/mol. The molecule has 0 amide bonds. The molecule has 0 aliphatic carbocycles. The fourth-order valence-electron chi connectivity index (χ4n) is 8.64. The summed E-state index contributed by atoms with van der Waals surface area (Å²) in [4.78, 5) is 2.37. The summed E-state index contributed by atoms with van der Waals surface area (Å²) in [7, 11) is 0. The molecule has 0 saturated heterocycles. The Morgan fingerprint density at radius 2 is 0.881 bits per heavy atom. The Morgan fingerprint density at radius 1 is 0.356 bits per heavy atom. The average Bonchev–Trinajstić information content (AvgIpc) is 3.90. The first-order valence-corrected chi connectivity index (χ1v) is 20.0. The van der Waals surface area contributed by atoms with Crippen molar-refractivity contribution in [3.05, 3.63) is 231 Å². The van der Waals surface area contributed by atoms with Crippen LogP contribution < -0.4 is 4.90 Å². The van der Waals surface area contributed by atoms with Gasteiger partial charge in [0.1, 0.15) is 0 Å². The molecular formula is C55H38N4. The normalized spacial score (nSPS) is 11.4. The summed E-state index contributed by atoms with van der Waals surface area (Å²) < 4.78 is 4.43. The van der Waals surface area contributed by atoms with E-state index < -0.39 is 0 Å². The van der Waals surface area contributed by atoms with E-state index in [4.69, 9.17) is 5.10 Å². The van der Waals surface area contributed by atoms with Crippen LogP contribution in [0.1, 0.15) is 0 Å².